The lowest BCUT2D eigenvalue weighted by Gasteiger charge is -2.46. The predicted molar refractivity (Wildman–Crippen MR) is 236 cm³/mol. The topological polar surface area (TPSA) is 137 Å². The molecule has 3 fully saturated rings. The summed E-state index contributed by atoms with van der Waals surface area (Å²) in [5, 5.41) is 12.8. The van der Waals surface area contributed by atoms with Crippen molar-refractivity contribution < 1.29 is 29.0 Å². The number of aromatic nitrogens is 2. The van der Waals surface area contributed by atoms with E-state index in [0.717, 1.165) is 42.4 Å². The molecule has 0 radical (unpaired) electrons. The Morgan fingerprint density at radius 3 is 2.25 bits per heavy atom. The number of hydrogen-bond donors (Lipinski definition) is 2. The minimum Gasteiger partial charge on any atom is -0.491 e. The van der Waals surface area contributed by atoms with Gasteiger partial charge in [-0.25, -0.2) is 9.97 Å². The van der Waals surface area contributed by atoms with Crippen molar-refractivity contribution in [2.24, 2.45) is 5.92 Å². The molecule has 0 bridgehead atoms. The molecule has 1 aliphatic carbocycles. The molecule has 4 aliphatic heterocycles. The van der Waals surface area contributed by atoms with Gasteiger partial charge >= 0.3 is 5.97 Å². The number of nitrogens with zero attached hydrogens (tertiary/aromatic N) is 5. The zero-order valence-electron chi connectivity index (χ0n) is 34.8. The highest BCUT2D eigenvalue weighted by Gasteiger charge is 2.74. The number of morpholine rings is 1. The second-order valence-corrected chi connectivity index (χ2v) is 16.7. The van der Waals surface area contributed by atoms with Gasteiger partial charge in [-0.05, 0) is 89.9 Å². The number of esters is 1. The number of allylic oxidation sites excluding steroid dienone is 2. The fourth-order valence-electron chi connectivity index (χ4n) is 10.4. The molecule has 6 atom stereocenters. The molecule has 2 amide bonds. The Labute approximate surface area is 366 Å². The van der Waals surface area contributed by atoms with Crippen LogP contribution >= 0.6 is 0 Å². The minimum absolute atomic E-state index is 0.109. The van der Waals surface area contributed by atoms with E-state index in [9.17, 15) is 5.11 Å². The third kappa shape index (κ3) is 7.21. The van der Waals surface area contributed by atoms with Crippen LogP contribution in [0.4, 0.5) is 11.6 Å². The number of fused-ring (bicyclic) bond motifs is 3. The third-order valence-electron chi connectivity index (χ3n) is 13.2. The number of ether oxygens (including phenoxy) is 2. The highest BCUT2D eigenvalue weighted by molar-refractivity contribution is 6.12. The zero-order chi connectivity index (χ0) is 42.9. The van der Waals surface area contributed by atoms with E-state index in [1.54, 1.807) is 23.4 Å². The molecule has 0 unspecified atom stereocenters. The average molecular weight is 841 g/mol. The molecule has 5 aliphatic rings. The minimum atomic E-state index is -1.64. The van der Waals surface area contributed by atoms with Crippen LogP contribution in [0.1, 0.15) is 71.7 Å². The smallest absolute Gasteiger partial charge is 0.324 e. The summed E-state index contributed by atoms with van der Waals surface area (Å²) >= 11 is 0. The second-order valence-electron chi connectivity index (χ2n) is 16.7. The van der Waals surface area contributed by atoms with Crippen LogP contribution in [0, 0.1) is 17.8 Å². The number of benzene rings is 4. The largest absolute Gasteiger partial charge is 0.491 e. The van der Waals surface area contributed by atoms with E-state index in [1.165, 1.54) is 0 Å². The van der Waals surface area contributed by atoms with Crippen LogP contribution < -0.4 is 15.0 Å². The Morgan fingerprint density at radius 1 is 0.825 bits per heavy atom. The van der Waals surface area contributed by atoms with Crippen molar-refractivity contribution in [2.45, 2.75) is 55.3 Å². The maximum atomic E-state index is 15.9. The average Bonchev–Trinajstić information content (AvgIpc) is 3.82. The molecule has 1 aromatic heterocycles. The van der Waals surface area contributed by atoms with Gasteiger partial charge in [-0.15, -0.1) is 0 Å². The van der Waals surface area contributed by atoms with Gasteiger partial charge in [-0.1, -0.05) is 90.7 Å². The quantitative estimate of drug-likeness (QED) is 0.135. The van der Waals surface area contributed by atoms with Gasteiger partial charge < -0.3 is 29.7 Å². The third-order valence-corrected chi connectivity index (χ3v) is 13.2. The molecule has 2 N–H and O–H groups in total. The van der Waals surface area contributed by atoms with Crippen molar-refractivity contribution in [3.05, 3.63) is 161 Å². The number of amides is 2. The van der Waals surface area contributed by atoms with Crippen molar-refractivity contribution in [1.82, 2.24) is 19.8 Å². The number of rotatable bonds is 8. The normalized spacial score (nSPS) is 25.3. The Bertz CT molecular complexity index is 2590. The Hall–Kier alpha value is -6.81. The Morgan fingerprint density at radius 2 is 1.56 bits per heavy atom. The molecule has 12 nitrogen and oxygen atoms in total. The number of aliphatic hydroxyl groups is 1. The molecule has 1 spiro atoms. The Balaban J connectivity index is 1.19. The summed E-state index contributed by atoms with van der Waals surface area (Å²) < 4.78 is 12.4. The van der Waals surface area contributed by atoms with Gasteiger partial charge in [-0.3, -0.25) is 19.3 Å². The molecule has 5 aromatic rings. The van der Waals surface area contributed by atoms with Crippen molar-refractivity contribution in [1.29, 1.82) is 0 Å². The summed E-state index contributed by atoms with van der Waals surface area (Å²) in [4.78, 5) is 61.7. The van der Waals surface area contributed by atoms with Crippen LogP contribution in [0.3, 0.4) is 0 Å². The number of cyclic esters (lactones) is 1. The van der Waals surface area contributed by atoms with Gasteiger partial charge in [0.15, 0.2) is 0 Å². The van der Waals surface area contributed by atoms with Crippen LogP contribution in [0.25, 0.3) is 0 Å². The summed E-state index contributed by atoms with van der Waals surface area (Å²) in [6.45, 7) is 1.55. The SMILES string of the molecule is O=C1O[C@H](c2ccccc2)[C@H](c2ccccc2)N2[C@H]1[C@@H](C(=O)N1CCN(c3ncccn3)CC1)[C@]1(C(=O)Nc3ccc(C#CC4=CCCCC4)cc31)[C@H]2c1ccc(OCCO)cc1. The maximum Gasteiger partial charge on any atom is 0.324 e. The lowest BCUT2D eigenvalue weighted by Crippen LogP contribution is -2.58. The van der Waals surface area contributed by atoms with E-state index in [2.05, 4.69) is 38.1 Å². The van der Waals surface area contributed by atoms with E-state index in [-0.39, 0.29) is 25.0 Å². The van der Waals surface area contributed by atoms with Gasteiger partial charge in [-0.2, -0.15) is 0 Å². The standard InChI is InChI=1S/C51H48N6O6/c58-31-32-62-39-22-20-38(21-23-39)46-51(40-33-35(19-24-41(40)54-49(51)61)18-17-34-11-4-1-5-12-34)42(47(59)55-27-29-56(30-28-55)50-52-25-10-26-53-50)44-48(60)63-45(37-15-8-3-9-16-37)43(57(44)46)36-13-6-2-7-14-36/h2-3,6-11,13-16,19-26,33,42-46,58H,1,4-5,12,27-32H2,(H,54,61)/t42-,43-,44-,45+,46+,51-/m0/s1. The fraction of sp³-hybridized carbons (Fsp3) is 0.314. The highest BCUT2D eigenvalue weighted by Crippen LogP contribution is 2.65. The first kappa shape index (κ1) is 40.3. The van der Waals surface area contributed by atoms with E-state index < -0.39 is 41.5 Å². The van der Waals surface area contributed by atoms with Crippen molar-refractivity contribution in [2.75, 3.05) is 49.6 Å². The van der Waals surface area contributed by atoms with Gasteiger partial charge in [0, 0.05) is 49.8 Å². The summed E-state index contributed by atoms with van der Waals surface area (Å²) in [5.41, 5.74) is 3.73. The fourth-order valence-corrected chi connectivity index (χ4v) is 10.4. The van der Waals surface area contributed by atoms with Crippen molar-refractivity contribution in [3.63, 3.8) is 0 Å². The molecule has 10 rings (SSSR count). The summed E-state index contributed by atoms with van der Waals surface area (Å²) in [7, 11) is 0. The van der Waals surface area contributed by atoms with Crippen LogP contribution in [0.5, 0.6) is 5.75 Å². The molecule has 5 heterocycles. The van der Waals surface area contributed by atoms with Crippen LogP contribution in [0.15, 0.2) is 133 Å². The van der Waals surface area contributed by atoms with Gasteiger partial charge in [0.1, 0.15) is 29.9 Å². The van der Waals surface area contributed by atoms with Crippen molar-refractivity contribution in [3.8, 4) is 17.6 Å². The van der Waals surface area contributed by atoms with Crippen LogP contribution in [-0.4, -0.2) is 88.1 Å². The molecule has 318 valence electrons. The first-order valence-electron chi connectivity index (χ1n) is 21.8. The Kier molecular flexibility index (Phi) is 11.0. The van der Waals surface area contributed by atoms with E-state index in [1.807, 2.05) is 108 Å². The highest BCUT2D eigenvalue weighted by atomic mass is 16.6. The molecular weight excluding hydrogens is 793 g/mol. The van der Waals surface area contributed by atoms with E-state index in [4.69, 9.17) is 9.47 Å². The van der Waals surface area contributed by atoms with E-state index >= 15 is 14.4 Å². The number of hydrogen-bond acceptors (Lipinski definition) is 10. The molecule has 3 saturated heterocycles. The van der Waals surface area contributed by atoms with Gasteiger partial charge in [0.2, 0.25) is 17.8 Å². The lowest BCUT2D eigenvalue weighted by atomic mass is 9.65. The van der Waals surface area contributed by atoms with Gasteiger partial charge in [0.25, 0.3) is 0 Å². The van der Waals surface area contributed by atoms with Crippen molar-refractivity contribution >= 4 is 29.4 Å². The zero-order valence-corrected chi connectivity index (χ0v) is 34.8. The number of anilines is 2. The number of carbonyl (C=O) groups excluding carboxylic acids is 3. The van der Waals surface area contributed by atoms with Crippen LogP contribution in [0.2, 0.25) is 0 Å². The summed E-state index contributed by atoms with van der Waals surface area (Å²) in [5.74, 6) is 5.44. The summed E-state index contributed by atoms with van der Waals surface area (Å²) in [6, 6.07) is 31.9. The van der Waals surface area contributed by atoms with Gasteiger partial charge in [0.05, 0.1) is 24.6 Å². The maximum absolute atomic E-state index is 15.9. The molecule has 4 aromatic carbocycles. The first-order chi connectivity index (χ1) is 30.9. The van der Waals surface area contributed by atoms with Crippen LogP contribution in [-0.2, 0) is 24.5 Å². The predicted octanol–water partition coefficient (Wildman–Crippen LogP) is 6.32. The number of piperazine rings is 1. The number of nitrogens with one attached hydrogen (secondary N) is 1. The molecule has 0 saturated carbocycles. The monoisotopic (exact) mass is 840 g/mol. The lowest BCUT2D eigenvalue weighted by molar-refractivity contribution is -0.179. The molecule has 12 heteroatoms. The number of carbonyl (C=O) groups is 3. The molecule has 63 heavy (non-hydrogen) atoms. The molecular formula is C51H48N6O6. The summed E-state index contributed by atoms with van der Waals surface area (Å²) in [6.07, 6.45) is 8.98. The first-order valence-corrected chi connectivity index (χ1v) is 21.8. The van der Waals surface area contributed by atoms with E-state index in [0.29, 0.717) is 60.3 Å². The number of aliphatic hydroxyl groups excluding tert-OH is 1. The second kappa shape index (κ2) is 17.2.